The van der Waals surface area contributed by atoms with Crippen molar-refractivity contribution < 1.29 is 0 Å². The topological polar surface area (TPSA) is 87.6 Å². The second kappa shape index (κ2) is 5.06. The van der Waals surface area contributed by atoms with E-state index in [9.17, 15) is 0 Å². The summed E-state index contributed by atoms with van der Waals surface area (Å²) in [6, 6.07) is 3.65. The van der Waals surface area contributed by atoms with Gasteiger partial charge in [0.05, 0.1) is 11.8 Å². The van der Waals surface area contributed by atoms with Gasteiger partial charge in [0.1, 0.15) is 6.07 Å². The third-order valence-electron chi connectivity index (χ3n) is 1.51. The van der Waals surface area contributed by atoms with Crippen LogP contribution in [0.2, 0.25) is 0 Å². The first-order valence-corrected chi connectivity index (χ1v) is 4.04. The van der Waals surface area contributed by atoms with Gasteiger partial charge in [0.25, 0.3) is 0 Å². The molecule has 13 heavy (non-hydrogen) atoms. The summed E-state index contributed by atoms with van der Waals surface area (Å²) in [4.78, 5) is 0. The van der Waals surface area contributed by atoms with Gasteiger partial charge in [-0.05, 0) is 19.0 Å². The Morgan fingerprint density at radius 1 is 1.62 bits per heavy atom. The summed E-state index contributed by atoms with van der Waals surface area (Å²) in [5.41, 5.74) is 5.83. The molecule has 0 spiro atoms. The van der Waals surface area contributed by atoms with Crippen molar-refractivity contribution >= 4 is 5.82 Å². The van der Waals surface area contributed by atoms with Crippen LogP contribution in [0, 0.1) is 11.3 Å². The normalized spacial score (nSPS) is 9.23. The first-order valence-electron chi connectivity index (χ1n) is 4.04. The van der Waals surface area contributed by atoms with E-state index in [-0.39, 0.29) is 0 Å². The summed E-state index contributed by atoms with van der Waals surface area (Å²) in [7, 11) is 0. The molecule has 3 N–H and O–H groups in total. The molecule has 0 atom stereocenters. The molecule has 1 aromatic rings. The fourth-order valence-corrected chi connectivity index (χ4v) is 0.861. The quantitative estimate of drug-likeness (QED) is 0.637. The number of nitrogens with two attached hydrogens (primary N) is 1. The molecule has 0 aromatic carbocycles. The summed E-state index contributed by atoms with van der Waals surface area (Å²) < 4.78 is 0. The van der Waals surface area contributed by atoms with Gasteiger partial charge >= 0.3 is 0 Å². The van der Waals surface area contributed by atoms with Crippen molar-refractivity contribution in [2.75, 3.05) is 18.4 Å². The second-order valence-corrected chi connectivity index (χ2v) is 2.47. The summed E-state index contributed by atoms with van der Waals surface area (Å²) in [6.07, 6.45) is 2.34. The molecule has 1 rings (SSSR count). The predicted molar refractivity (Wildman–Crippen MR) is 48.9 cm³/mol. The fraction of sp³-hybridized carbons (Fsp3) is 0.375. The lowest BCUT2D eigenvalue weighted by Gasteiger charge is -2.03. The number of hydrogen-bond acceptors (Lipinski definition) is 5. The highest BCUT2D eigenvalue weighted by Crippen LogP contribution is 2.07. The Bertz CT molecular complexity index is 304. The molecule has 0 amide bonds. The van der Waals surface area contributed by atoms with Gasteiger partial charge in [-0.15, -0.1) is 5.10 Å². The van der Waals surface area contributed by atoms with E-state index in [1.807, 2.05) is 6.07 Å². The third-order valence-corrected chi connectivity index (χ3v) is 1.51. The molecule has 1 heterocycles. The molecule has 0 aliphatic rings. The molecule has 0 saturated heterocycles. The number of nitrogens with zero attached hydrogens (tertiary/aromatic N) is 3. The van der Waals surface area contributed by atoms with Crippen LogP contribution in [0.1, 0.15) is 12.0 Å². The first kappa shape index (κ1) is 9.42. The van der Waals surface area contributed by atoms with Crippen LogP contribution in [0.5, 0.6) is 0 Å². The maximum absolute atomic E-state index is 8.69. The summed E-state index contributed by atoms with van der Waals surface area (Å²) in [5, 5.41) is 19.2. The van der Waals surface area contributed by atoms with Crippen molar-refractivity contribution in [1.82, 2.24) is 10.2 Å². The van der Waals surface area contributed by atoms with Gasteiger partial charge in [-0.2, -0.15) is 10.4 Å². The molecular formula is C8H11N5. The summed E-state index contributed by atoms with van der Waals surface area (Å²) in [6.45, 7) is 1.33. The van der Waals surface area contributed by atoms with Crippen LogP contribution in [0.25, 0.3) is 0 Å². The van der Waals surface area contributed by atoms with Crippen LogP contribution in [-0.4, -0.2) is 23.3 Å². The molecule has 0 unspecified atom stereocenters. The van der Waals surface area contributed by atoms with Crippen LogP contribution in [0.4, 0.5) is 5.82 Å². The van der Waals surface area contributed by atoms with E-state index in [2.05, 4.69) is 15.5 Å². The minimum atomic E-state index is 0.507. The lowest BCUT2D eigenvalue weighted by Crippen LogP contribution is -2.10. The number of aromatic nitrogens is 2. The zero-order chi connectivity index (χ0) is 9.52. The van der Waals surface area contributed by atoms with Crippen molar-refractivity contribution in [1.29, 1.82) is 5.26 Å². The standard InChI is InChI=1S/C8H11N5/c9-3-1-4-11-8-7(6-10)2-5-12-13-8/h2,5H,1,3-4,9H2,(H,11,13). The third kappa shape index (κ3) is 2.69. The largest absolute Gasteiger partial charge is 0.367 e. The van der Waals surface area contributed by atoms with E-state index in [0.717, 1.165) is 6.42 Å². The van der Waals surface area contributed by atoms with Gasteiger partial charge in [-0.3, -0.25) is 0 Å². The smallest absolute Gasteiger partial charge is 0.166 e. The Hall–Kier alpha value is -1.67. The minimum absolute atomic E-state index is 0.507. The van der Waals surface area contributed by atoms with Gasteiger partial charge < -0.3 is 11.1 Å². The Kier molecular flexibility index (Phi) is 3.67. The molecule has 0 aliphatic carbocycles. The molecule has 0 aliphatic heterocycles. The monoisotopic (exact) mass is 177 g/mol. The average molecular weight is 177 g/mol. The van der Waals surface area contributed by atoms with Gasteiger partial charge in [0, 0.05) is 6.54 Å². The zero-order valence-corrected chi connectivity index (χ0v) is 7.20. The number of hydrogen-bond donors (Lipinski definition) is 2. The molecule has 1 aromatic heterocycles. The van der Waals surface area contributed by atoms with Crippen LogP contribution < -0.4 is 11.1 Å². The zero-order valence-electron chi connectivity index (χ0n) is 7.20. The van der Waals surface area contributed by atoms with Gasteiger partial charge in [-0.1, -0.05) is 0 Å². The van der Waals surface area contributed by atoms with Gasteiger partial charge in [-0.25, -0.2) is 0 Å². The fourth-order valence-electron chi connectivity index (χ4n) is 0.861. The SMILES string of the molecule is N#Cc1ccnnc1NCCCN. The highest BCUT2D eigenvalue weighted by atomic mass is 15.2. The first-order chi connectivity index (χ1) is 6.38. The molecule has 5 nitrogen and oxygen atoms in total. The van der Waals surface area contributed by atoms with Gasteiger partial charge in [0.2, 0.25) is 0 Å². The number of rotatable bonds is 4. The Morgan fingerprint density at radius 2 is 2.46 bits per heavy atom. The average Bonchev–Trinajstić information content (AvgIpc) is 2.19. The molecule has 0 saturated carbocycles. The maximum Gasteiger partial charge on any atom is 0.166 e. The minimum Gasteiger partial charge on any atom is -0.367 e. The lowest BCUT2D eigenvalue weighted by atomic mass is 10.3. The van der Waals surface area contributed by atoms with E-state index < -0.39 is 0 Å². The Morgan fingerprint density at radius 3 is 3.15 bits per heavy atom. The number of anilines is 1. The van der Waals surface area contributed by atoms with Gasteiger partial charge in [0.15, 0.2) is 5.82 Å². The molecule has 0 fully saturated rings. The molecule has 68 valence electrons. The molecule has 0 bridgehead atoms. The van der Waals surface area contributed by atoms with Crippen molar-refractivity contribution in [2.45, 2.75) is 6.42 Å². The number of nitriles is 1. The number of nitrogens with one attached hydrogen (secondary N) is 1. The van der Waals surface area contributed by atoms with Crippen LogP contribution in [0.15, 0.2) is 12.3 Å². The lowest BCUT2D eigenvalue weighted by molar-refractivity contribution is 0.863. The highest BCUT2D eigenvalue weighted by molar-refractivity contribution is 5.49. The molecular weight excluding hydrogens is 166 g/mol. The van der Waals surface area contributed by atoms with Crippen molar-refractivity contribution in [2.24, 2.45) is 5.73 Å². The second-order valence-electron chi connectivity index (χ2n) is 2.47. The van der Waals surface area contributed by atoms with E-state index >= 15 is 0 Å². The van der Waals surface area contributed by atoms with Crippen molar-refractivity contribution in [3.05, 3.63) is 17.8 Å². The van der Waals surface area contributed by atoms with E-state index in [4.69, 9.17) is 11.0 Å². The Labute approximate surface area is 76.6 Å². The highest BCUT2D eigenvalue weighted by Gasteiger charge is 2.00. The summed E-state index contributed by atoms with van der Waals surface area (Å²) in [5.74, 6) is 0.526. The van der Waals surface area contributed by atoms with Crippen LogP contribution >= 0.6 is 0 Å². The Balaban J connectivity index is 2.60. The van der Waals surface area contributed by atoms with Crippen LogP contribution in [0.3, 0.4) is 0 Å². The van der Waals surface area contributed by atoms with Crippen molar-refractivity contribution in [3.63, 3.8) is 0 Å². The summed E-state index contributed by atoms with van der Waals surface area (Å²) >= 11 is 0. The van der Waals surface area contributed by atoms with E-state index in [1.54, 1.807) is 6.07 Å². The van der Waals surface area contributed by atoms with E-state index in [1.165, 1.54) is 6.20 Å². The van der Waals surface area contributed by atoms with E-state index in [0.29, 0.717) is 24.5 Å². The van der Waals surface area contributed by atoms with Crippen molar-refractivity contribution in [3.8, 4) is 6.07 Å². The predicted octanol–water partition coefficient (Wildman–Crippen LogP) is 0.109. The van der Waals surface area contributed by atoms with Crippen LogP contribution in [-0.2, 0) is 0 Å². The maximum atomic E-state index is 8.69. The molecule has 5 heteroatoms. The molecule has 0 radical (unpaired) electrons.